The maximum Gasteiger partial charge on any atom is 0.257 e. The molecule has 0 aliphatic carbocycles. The SMILES string of the molecule is O=C(c1ccccc1OCc1ccccc1Cl)N1CCCC(N2CCCC2)C1. The maximum atomic E-state index is 13.3. The van der Waals surface area contributed by atoms with E-state index in [4.69, 9.17) is 16.3 Å². The van der Waals surface area contributed by atoms with Crippen LogP contribution in [0.5, 0.6) is 5.75 Å². The van der Waals surface area contributed by atoms with Crippen LogP contribution in [0.2, 0.25) is 5.02 Å². The first-order valence-corrected chi connectivity index (χ1v) is 10.6. The number of likely N-dealkylation sites (tertiary alicyclic amines) is 2. The van der Waals surface area contributed by atoms with Crippen LogP contribution in [0.15, 0.2) is 48.5 Å². The highest BCUT2D eigenvalue weighted by Crippen LogP contribution is 2.26. The van der Waals surface area contributed by atoms with Gasteiger partial charge in [-0.25, -0.2) is 0 Å². The summed E-state index contributed by atoms with van der Waals surface area (Å²) in [6, 6.07) is 15.7. The number of nitrogens with zero attached hydrogens (tertiary/aromatic N) is 2. The first-order chi connectivity index (χ1) is 13.7. The van der Waals surface area contributed by atoms with Gasteiger partial charge in [0.05, 0.1) is 5.56 Å². The zero-order valence-electron chi connectivity index (χ0n) is 16.1. The van der Waals surface area contributed by atoms with E-state index in [2.05, 4.69) is 4.90 Å². The van der Waals surface area contributed by atoms with E-state index in [1.807, 2.05) is 53.4 Å². The number of hydrogen-bond donors (Lipinski definition) is 0. The Kier molecular flexibility index (Phi) is 6.18. The minimum atomic E-state index is 0.0682. The quantitative estimate of drug-likeness (QED) is 0.736. The zero-order valence-corrected chi connectivity index (χ0v) is 16.9. The molecule has 1 amide bonds. The van der Waals surface area contributed by atoms with Gasteiger partial charge in [-0.2, -0.15) is 0 Å². The third-order valence-corrected chi connectivity index (χ3v) is 6.17. The Balaban J connectivity index is 1.46. The molecule has 2 fully saturated rings. The van der Waals surface area contributed by atoms with Gasteiger partial charge in [0.15, 0.2) is 0 Å². The molecule has 1 atom stereocenters. The van der Waals surface area contributed by atoms with Crippen LogP contribution in [0, 0.1) is 0 Å². The van der Waals surface area contributed by atoms with Gasteiger partial charge in [0.2, 0.25) is 0 Å². The molecular formula is C23H27ClN2O2. The number of rotatable bonds is 5. The van der Waals surface area contributed by atoms with Crippen LogP contribution in [-0.4, -0.2) is 47.9 Å². The van der Waals surface area contributed by atoms with Gasteiger partial charge in [0.25, 0.3) is 5.91 Å². The first-order valence-electron chi connectivity index (χ1n) is 10.2. The van der Waals surface area contributed by atoms with Gasteiger partial charge < -0.3 is 9.64 Å². The van der Waals surface area contributed by atoms with Gasteiger partial charge in [-0.05, 0) is 57.0 Å². The van der Waals surface area contributed by atoms with Gasteiger partial charge >= 0.3 is 0 Å². The molecule has 2 saturated heterocycles. The average molecular weight is 399 g/mol. The molecule has 2 aromatic rings. The van der Waals surface area contributed by atoms with Crippen LogP contribution in [-0.2, 0) is 6.61 Å². The molecule has 2 aromatic carbocycles. The third kappa shape index (κ3) is 4.34. The zero-order chi connectivity index (χ0) is 19.3. The van der Waals surface area contributed by atoms with E-state index < -0.39 is 0 Å². The van der Waals surface area contributed by atoms with E-state index in [0.29, 0.717) is 29.0 Å². The summed E-state index contributed by atoms with van der Waals surface area (Å²) in [4.78, 5) is 17.8. The van der Waals surface area contributed by atoms with Crippen LogP contribution in [0.25, 0.3) is 0 Å². The summed E-state index contributed by atoms with van der Waals surface area (Å²) in [5.41, 5.74) is 1.55. The van der Waals surface area contributed by atoms with Gasteiger partial charge in [0.1, 0.15) is 12.4 Å². The molecule has 2 aliphatic rings. The van der Waals surface area contributed by atoms with Crippen molar-refractivity contribution in [1.29, 1.82) is 0 Å². The smallest absolute Gasteiger partial charge is 0.257 e. The lowest BCUT2D eigenvalue weighted by molar-refractivity contribution is 0.0603. The molecule has 28 heavy (non-hydrogen) atoms. The van der Waals surface area contributed by atoms with Crippen LogP contribution in [0.3, 0.4) is 0 Å². The summed E-state index contributed by atoms with van der Waals surface area (Å²) < 4.78 is 6.00. The number of halogens is 1. The van der Waals surface area contributed by atoms with E-state index in [1.165, 1.54) is 32.4 Å². The van der Waals surface area contributed by atoms with Crippen molar-refractivity contribution in [2.45, 2.75) is 38.3 Å². The second-order valence-corrected chi connectivity index (χ2v) is 8.07. The van der Waals surface area contributed by atoms with Crippen molar-refractivity contribution in [2.24, 2.45) is 0 Å². The molecule has 5 heteroatoms. The minimum absolute atomic E-state index is 0.0682. The molecule has 2 aliphatic heterocycles. The Morgan fingerprint density at radius 2 is 1.75 bits per heavy atom. The van der Waals surface area contributed by atoms with E-state index in [1.54, 1.807) is 0 Å². The summed E-state index contributed by atoms with van der Waals surface area (Å²) in [5, 5.41) is 0.677. The second-order valence-electron chi connectivity index (χ2n) is 7.67. The van der Waals surface area contributed by atoms with Crippen molar-refractivity contribution in [3.63, 3.8) is 0 Å². The van der Waals surface area contributed by atoms with Gasteiger partial charge in [0, 0.05) is 29.7 Å². The average Bonchev–Trinajstić information content (AvgIpc) is 3.28. The Bertz CT molecular complexity index is 820. The molecule has 1 unspecified atom stereocenters. The molecule has 0 spiro atoms. The third-order valence-electron chi connectivity index (χ3n) is 5.80. The van der Waals surface area contributed by atoms with Crippen molar-refractivity contribution >= 4 is 17.5 Å². The number of para-hydroxylation sites is 1. The molecule has 148 valence electrons. The normalized spacial score (nSPS) is 20.3. The standard InChI is InChI=1S/C23H27ClN2O2/c24-21-11-3-1-8-18(21)17-28-22-12-4-2-10-20(22)23(27)26-15-7-9-19(16-26)25-13-5-6-14-25/h1-4,8,10-12,19H,5-7,9,13-17H2. The molecule has 0 radical (unpaired) electrons. The Morgan fingerprint density at radius 3 is 2.57 bits per heavy atom. The van der Waals surface area contributed by atoms with E-state index >= 15 is 0 Å². The number of hydrogen-bond acceptors (Lipinski definition) is 3. The van der Waals surface area contributed by atoms with Crippen molar-refractivity contribution in [1.82, 2.24) is 9.80 Å². The molecule has 0 bridgehead atoms. The van der Waals surface area contributed by atoms with Crippen molar-refractivity contribution in [3.05, 3.63) is 64.7 Å². The Hall–Kier alpha value is -2.04. The van der Waals surface area contributed by atoms with Gasteiger partial charge in [-0.1, -0.05) is 41.9 Å². The van der Waals surface area contributed by atoms with Crippen molar-refractivity contribution < 1.29 is 9.53 Å². The lowest BCUT2D eigenvalue weighted by Gasteiger charge is -2.37. The highest BCUT2D eigenvalue weighted by molar-refractivity contribution is 6.31. The number of carbonyl (C=O) groups is 1. The summed E-state index contributed by atoms with van der Waals surface area (Å²) >= 11 is 6.23. The topological polar surface area (TPSA) is 32.8 Å². The summed E-state index contributed by atoms with van der Waals surface area (Å²) in [5.74, 6) is 0.689. The van der Waals surface area contributed by atoms with E-state index in [9.17, 15) is 4.79 Å². The maximum absolute atomic E-state index is 13.3. The number of amides is 1. The van der Waals surface area contributed by atoms with Crippen molar-refractivity contribution in [2.75, 3.05) is 26.2 Å². The number of carbonyl (C=O) groups excluding carboxylic acids is 1. The minimum Gasteiger partial charge on any atom is -0.488 e. The highest BCUT2D eigenvalue weighted by Gasteiger charge is 2.30. The lowest BCUT2D eigenvalue weighted by Crippen LogP contribution is -2.49. The first kappa shape index (κ1) is 19.3. The Labute approximate surface area is 172 Å². The van der Waals surface area contributed by atoms with Crippen LogP contribution >= 0.6 is 11.6 Å². The van der Waals surface area contributed by atoms with Crippen molar-refractivity contribution in [3.8, 4) is 5.75 Å². The fourth-order valence-corrected chi connectivity index (χ4v) is 4.44. The summed E-state index contributed by atoms with van der Waals surface area (Å²) in [6.07, 6.45) is 4.82. The molecule has 2 heterocycles. The van der Waals surface area contributed by atoms with Crippen LogP contribution < -0.4 is 4.74 Å². The molecule has 4 nitrogen and oxygen atoms in total. The number of piperidine rings is 1. The molecule has 0 aromatic heterocycles. The summed E-state index contributed by atoms with van der Waals surface area (Å²) in [7, 11) is 0. The predicted molar refractivity (Wildman–Crippen MR) is 112 cm³/mol. The Morgan fingerprint density at radius 1 is 1.00 bits per heavy atom. The van der Waals surface area contributed by atoms with Crippen LogP contribution in [0.4, 0.5) is 0 Å². The molecule has 0 N–H and O–H groups in total. The predicted octanol–water partition coefficient (Wildman–Crippen LogP) is 4.62. The molecule has 0 saturated carbocycles. The fraction of sp³-hybridized carbons (Fsp3) is 0.435. The van der Waals surface area contributed by atoms with E-state index in [0.717, 1.165) is 25.1 Å². The highest BCUT2D eigenvalue weighted by atomic mass is 35.5. The number of ether oxygens (including phenoxy) is 1. The number of benzene rings is 2. The molecular weight excluding hydrogens is 372 g/mol. The summed E-state index contributed by atoms with van der Waals surface area (Å²) in [6.45, 7) is 4.33. The second kappa shape index (κ2) is 8.97. The van der Waals surface area contributed by atoms with Crippen LogP contribution in [0.1, 0.15) is 41.6 Å². The fourth-order valence-electron chi connectivity index (χ4n) is 4.25. The lowest BCUT2D eigenvalue weighted by atomic mass is 10.0. The van der Waals surface area contributed by atoms with E-state index in [-0.39, 0.29) is 5.91 Å². The molecule has 4 rings (SSSR count). The van der Waals surface area contributed by atoms with Gasteiger partial charge in [-0.15, -0.1) is 0 Å². The van der Waals surface area contributed by atoms with Gasteiger partial charge in [-0.3, -0.25) is 9.69 Å². The largest absolute Gasteiger partial charge is 0.488 e. The monoisotopic (exact) mass is 398 g/mol.